The third kappa shape index (κ3) is 7.77. The summed E-state index contributed by atoms with van der Waals surface area (Å²) in [5.41, 5.74) is -0.264. The van der Waals surface area contributed by atoms with Crippen molar-refractivity contribution in [2.75, 3.05) is 20.3 Å². The van der Waals surface area contributed by atoms with Gasteiger partial charge >= 0.3 is 0 Å². The molecule has 0 bridgehead atoms. The molecule has 0 aliphatic carbocycles. The Morgan fingerprint density at radius 1 is 1.00 bits per heavy atom. The van der Waals surface area contributed by atoms with Crippen molar-refractivity contribution < 1.29 is 14.6 Å². The molecular weight excluding hydrogens is 192 g/mol. The fourth-order valence-electron chi connectivity index (χ4n) is 1.25. The number of ether oxygens (including phenoxy) is 2. The Kier molecular flexibility index (Phi) is 6.41. The van der Waals surface area contributed by atoms with Crippen LogP contribution in [0.3, 0.4) is 0 Å². The van der Waals surface area contributed by atoms with Crippen LogP contribution in [-0.4, -0.2) is 36.6 Å². The molecule has 1 N–H and O–H groups in total. The topological polar surface area (TPSA) is 38.7 Å². The van der Waals surface area contributed by atoms with E-state index < -0.39 is 0 Å². The summed E-state index contributed by atoms with van der Waals surface area (Å²) < 4.78 is 11.1. The first kappa shape index (κ1) is 14.9. The number of hydrogen-bond acceptors (Lipinski definition) is 3. The molecule has 0 aromatic heterocycles. The lowest BCUT2D eigenvalue weighted by Gasteiger charge is -2.28. The van der Waals surface area contributed by atoms with E-state index in [4.69, 9.17) is 14.6 Å². The maximum atomic E-state index is 8.75. The quantitative estimate of drug-likeness (QED) is 0.680. The van der Waals surface area contributed by atoms with Gasteiger partial charge in [-0.05, 0) is 47.0 Å². The van der Waals surface area contributed by atoms with Crippen LogP contribution < -0.4 is 0 Å². The molecule has 0 atom stereocenters. The van der Waals surface area contributed by atoms with Gasteiger partial charge in [-0.25, -0.2) is 0 Å². The zero-order valence-electron chi connectivity index (χ0n) is 10.8. The summed E-state index contributed by atoms with van der Waals surface area (Å²) in [7, 11) is 1.72. The second kappa shape index (κ2) is 6.46. The molecule has 0 amide bonds. The van der Waals surface area contributed by atoms with Crippen molar-refractivity contribution in [3.8, 4) is 0 Å². The van der Waals surface area contributed by atoms with Crippen molar-refractivity contribution in [1.29, 1.82) is 0 Å². The first-order valence-corrected chi connectivity index (χ1v) is 5.63. The first-order valence-electron chi connectivity index (χ1n) is 5.63. The molecule has 3 nitrogen and oxygen atoms in total. The van der Waals surface area contributed by atoms with Crippen molar-refractivity contribution in [3.63, 3.8) is 0 Å². The zero-order valence-corrected chi connectivity index (χ0v) is 10.8. The Morgan fingerprint density at radius 3 is 2.07 bits per heavy atom. The lowest BCUT2D eigenvalue weighted by molar-refractivity contribution is -0.0629. The van der Waals surface area contributed by atoms with Crippen LogP contribution in [0.2, 0.25) is 0 Å². The van der Waals surface area contributed by atoms with Gasteiger partial charge in [-0.3, -0.25) is 0 Å². The molecule has 0 spiro atoms. The largest absolute Gasteiger partial charge is 0.396 e. The predicted molar refractivity (Wildman–Crippen MR) is 62.1 cm³/mol. The highest BCUT2D eigenvalue weighted by molar-refractivity contribution is 4.71. The summed E-state index contributed by atoms with van der Waals surface area (Å²) in [4.78, 5) is 0. The molecule has 0 heterocycles. The van der Waals surface area contributed by atoms with Gasteiger partial charge in [-0.2, -0.15) is 0 Å². The molecule has 0 fully saturated rings. The van der Waals surface area contributed by atoms with E-state index in [1.54, 1.807) is 7.11 Å². The van der Waals surface area contributed by atoms with Crippen LogP contribution in [0.4, 0.5) is 0 Å². The second-order valence-electron chi connectivity index (χ2n) is 5.15. The van der Waals surface area contributed by atoms with E-state index in [0.717, 1.165) is 19.3 Å². The molecule has 0 rings (SSSR count). The van der Waals surface area contributed by atoms with E-state index in [2.05, 4.69) is 27.7 Å². The average molecular weight is 218 g/mol. The fraction of sp³-hybridized carbons (Fsp3) is 1.00. The van der Waals surface area contributed by atoms with Crippen LogP contribution in [-0.2, 0) is 9.47 Å². The molecule has 0 unspecified atom stereocenters. The number of methoxy groups -OCH3 is 1. The molecule has 0 aliphatic heterocycles. The van der Waals surface area contributed by atoms with Gasteiger partial charge in [0, 0.05) is 13.7 Å². The van der Waals surface area contributed by atoms with Crippen molar-refractivity contribution >= 4 is 0 Å². The van der Waals surface area contributed by atoms with E-state index in [-0.39, 0.29) is 17.8 Å². The maximum absolute atomic E-state index is 8.75. The SMILES string of the molecule is COC(C)(C)CCOC(C)(C)CCCO. The van der Waals surface area contributed by atoms with Crippen molar-refractivity contribution in [2.45, 2.75) is 58.2 Å². The van der Waals surface area contributed by atoms with E-state index in [1.807, 2.05) is 0 Å². The van der Waals surface area contributed by atoms with Gasteiger partial charge in [0.2, 0.25) is 0 Å². The Labute approximate surface area is 93.8 Å². The normalized spacial score (nSPS) is 13.2. The van der Waals surface area contributed by atoms with E-state index >= 15 is 0 Å². The Morgan fingerprint density at radius 2 is 1.60 bits per heavy atom. The third-order valence-electron chi connectivity index (χ3n) is 2.69. The number of rotatable bonds is 8. The third-order valence-corrected chi connectivity index (χ3v) is 2.69. The Bertz CT molecular complexity index is 164. The molecule has 0 saturated carbocycles. The van der Waals surface area contributed by atoms with Crippen LogP contribution in [0.1, 0.15) is 47.0 Å². The highest BCUT2D eigenvalue weighted by Crippen LogP contribution is 2.19. The van der Waals surface area contributed by atoms with Gasteiger partial charge in [-0.1, -0.05) is 0 Å². The minimum absolute atomic E-state index is 0.118. The molecule has 15 heavy (non-hydrogen) atoms. The smallest absolute Gasteiger partial charge is 0.0644 e. The van der Waals surface area contributed by atoms with Gasteiger partial charge < -0.3 is 14.6 Å². The summed E-state index contributed by atoms with van der Waals surface area (Å²) in [6.07, 6.45) is 2.56. The van der Waals surface area contributed by atoms with Gasteiger partial charge in [0.15, 0.2) is 0 Å². The average Bonchev–Trinajstić information content (AvgIpc) is 2.14. The maximum Gasteiger partial charge on any atom is 0.0644 e. The summed E-state index contributed by atoms with van der Waals surface area (Å²) in [5.74, 6) is 0. The van der Waals surface area contributed by atoms with E-state index in [0.29, 0.717) is 6.61 Å². The number of hydrogen-bond donors (Lipinski definition) is 1. The van der Waals surface area contributed by atoms with Gasteiger partial charge in [0.1, 0.15) is 0 Å². The Hall–Kier alpha value is -0.120. The van der Waals surface area contributed by atoms with E-state index in [9.17, 15) is 0 Å². The zero-order chi connectivity index (χ0) is 11.9. The van der Waals surface area contributed by atoms with Crippen LogP contribution >= 0.6 is 0 Å². The summed E-state index contributed by atoms with van der Waals surface area (Å²) in [6.45, 7) is 9.15. The highest BCUT2D eigenvalue weighted by atomic mass is 16.5. The molecular formula is C12H26O3. The lowest BCUT2D eigenvalue weighted by Crippen LogP contribution is -2.30. The summed E-state index contributed by atoms with van der Waals surface area (Å²) >= 11 is 0. The first-order chi connectivity index (χ1) is 6.83. The minimum atomic E-state index is -0.146. The van der Waals surface area contributed by atoms with Crippen LogP contribution in [0.25, 0.3) is 0 Å². The Balaban J connectivity index is 3.74. The molecule has 0 saturated heterocycles. The molecule has 0 aromatic carbocycles. The molecule has 92 valence electrons. The van der Waals surface area contributed by atoms with Gasteiger partial charge in [0.25, 0.3) is 0 Å². The predicted octanol–water partition coefficient (Wildman–Crippen LogP) is 2.37. The lowest BCUT2D eigenvalue weighted by atomic mass is 10.0. The van der Waals surface area contributed by atoms with Crippen molar-refractivity contribution in [1.82, 2.24) is 0 Å². The molecule has 0 aliphatic rings. The van der Waals surface area contributed by atoms with Crippen molar-refractivity contribution in [2.24, 2.45) is 0 Å². The van der Waals surface area contributed by atoms with Gasteiger partial charge in [0.05, 0.1) is 17.8 Å². The monoisotopic (exact) mass is 218 g/mol. The summed E-state index contributed by atoms with van der Waals surface area (Å²) in [6, 6.07) is 0. The molecule has 3 heteroatoms. The number of aliphatic hydroxyl groups excluding tert-OH is 1. The van der Waals surface area contributed by atoms with Crippen LogP contribution in [0.15, 0.2) is 0 Å². The second-order valence-corrected chi connectivity index (χ2v) is 5.15. The standard InChI is InChI=1S/C12H26O3/c1-11(2,14-5)8-10-15-12(3,4)7-6-9-13/h13H,6-10H2,1-5H3. The molecule has 0 radical (unpaired) electrons. The van der Waals surface area contributed by atoms with Gasteiger partial charge in [-0.15, -0.1) is 0 Å². The molecule has 0 aromatic rings. The summed E-state index contributed by atoms with van der Waals surface area (Å²) in [5, 5.41) is 8.75. The van der Waals surface area contributed by atoms with Crippen molar-refractivity contribution in [3.05, 3.63) is 0 Å². The van der Waals surface area contributed by atoms with Crippen LogP contribution in [0.5, 0.6) is 0 Å². The minimum Gasteiger partial charge on any atom is -0.396 e. The van der Waals surface area contributed by atoms with E-state index in [1.165, 1.54) is 0 Å². The fourth-order valence-corrected chi connectivity index (χ4v) is 1.25. The van der Waals surface area contributed by atoms with Crippen LogP contribution in [0, 0.1) is 0 Å². The number of aliphatic hydroxyl groups is 1. The highest BCUT2D eigenvalue weighted by Gasteiger charge is 2.21.